The molecule has 1 fully saturated rings. The standard InChI is InChI=1S/C16H32O4Si/c1-15(2,3)21(5,6)20-13-7-9-16(10-8-13,14(17)18)11-12-19-4/h13H,7-12H2,1-6H3,(H,17,18). The van der Waals surface area contributed by atoms with Gasteiger partial charge in [0.05, 0.1) is 5.41 Å². The number of aliphatic carboxylic acids is 1. The molecule has 0 atom stereocenters. The van der Waals surface area contributed by atoms with Gasteiger partial charge in [0.25, 0.3) is 0 Å². The summed E-state index contributed by atoms with van der Waals surface area (Å²) in [5.74, 6) is -0.676. The lowest BCUT2D eigenvalue weighted by atomic mass is 9.71. The van der Waals surface area contributed by atoms with Crippen LogP contribution in [0.3, 0.4) is 0 Å². The Bertz CT molecular complexity index is 352. The normalized spacial score (nSPS) is 27.6. The maximum Gasteiger partial charge on any atom is 0.309 e. The Hall–Kier alpha value is -0.393. The molecule has 1 aliphatic carbocycles. The first kappa shape index (κ1) is 18.7. The summed E-state index contributed by atoms with van der Waals surface area (Å²) in [6.07, 6.45) is 3.92. The minimum absolute atomic E-state index is 0.199. The van der Waals surface area contributed by atoms with Gasteiger partial charge < -0.3 is 14.3 Å². The lowest BCUT2D eigenvalue weighted by Crippen LogP contribution is -2.46. The van der Waals surface area contributed by atoms with Crippen LogP contribution < -0.4 is 0 Å². The zero-order valence-electron chi connectivity index (χ0n) is 14.5. The van der Waals surface area contributed by atoms with E-state index >= 15 is 0 Å². The van der Waals surface area contributed by atoms with E-state index in [-0.39, 0.29) is 11.1 Å². The molecule has 0 bridgehead atoms. The second-order valence-corrected chi connectivity index (χ2v) is 12.7. The van der Waals surface area contributed by atoms with E-state index in [0.29, 0.717) is 25.9 Å². The summed E-state index contributed by atoms with van der Waals surface area (Å²) in [5.41, 5.74) is -0.608. The van der Waals surface area contributed by atoms with Gasteiger partial charge in [-0.15, -0.1) is 0 Å². The van der Waals surface area contributed by atoms with Crippen LogP contribution in [0.15, 0.2) is 0 Å². The van der Waals surface area contributed by atoms with Crippen LogP contribution in [0.2, 0.25) is 18.1 Å². The number of carboxylic acid groups (broad SMARTS) is 1. The molecule has 0 unspecified atom stereocenters. The Morgan fingerprint density at radius 2 is 1.81 bits per heavy atom. The minimum Gasteiger partial charge on any atom is -0.481 e. The molecular formula is C16H32O4Si. The molecule has 0 aliphatic heterocycles. The molecule has 124 valence electrons. The number of carbonyl (C=O) groups is 1. The zero-order valence-corrected chi connectivity index (χ0v) is 15.5. The van der Waals surface area contributed by atoms with Crippen molar-refractivity contribution in [2.75, 3.05) is 13.7 Å². The Balaban J connectivity index is 2.64. The van der Waals surface area contributed by atoms with E-state index in [1.807, 2.05) is 0 Å². The summed E-state index contributed by atoms with van der Waals surface area (Å²) >= 11 is 0. The summed E-state index contributed by atoms with van der Waals surface area (Å²) in [6, 6.07) is 0. The van der Waals surface area contributed by atoms with Crippen LogP contribution in [0.5, 0.6) is 0 Å². The van der Waals surface area contributed by atoms with Gasteiger partial charge in [-0.1, -0.05) is 20.8 Å². The second kappa shape index (κ2) is 6.80. The zero-order chi connectivity index (χ0) is 16.3. The van der Waals surface area contributed by atoms with Crippen LogP contribution in [0.25, 0.3) is 0 Å². The van der Waals surface area contributed by atoms with Gasteiger partial charge in [0.1, 0.15) is 0 Å². The number of carboxylic acids is 1. The molecule has 0 aromatic rings. The van der Waals surface area contributed by atoms with Crippen LogP contribution in [0, 0.1) is 5.41 Å². The van der Waals surface area contributed by atoms with Crippen molar-refractivity contribution in [1.82, 2.24) is 0 Å². The topological polar surface area (TPSA) is 55.8 Å². The van der Waals surface area contributed by atoms with E-state index in [0.717, 1.165) is 12.8 Å². The van der Waals surface area contributed by atoms with Crippen molar-refractivity contribution < 1.29 is 19.1 Å². The summed E-state index contributed by atoms with van der Waals surface area (Å²) in [6.45, 7) is 11.8. The molecule has 1 rings (SSSR count). The van der Waals surface area contributed by atoms with E-state index < -0.39 is 19.7 Å². The lowest BCUT2D eigenvalue weighted by Gasteiger charge is -2.43. The Morgan fingerprint density at radius 1 is 1.29 bits per heavy atom. The third-order valence-corrected chi connectivity index (χ3v) is 9.93. The molecule has 1 N–H and O–H groups in total. The largest absolute Gasteiger partial charge is 0.481 e. The van der Waals surface area contributed by atoms with Crippen LogP contribution >= 0.6 is 0 Å². The molecule has 1 saturated carbocycles. The van der Waals surface area contributed by atoms with Crippen molar-refractivity contribution in [3.8, 4) is 0 Å². The smallest absolute Gasteiger partial charge is 0.309 e. The van der Waals surface area contributed by atoms with Gasteiger partial charge in [-0.2, -0.15) is 0 Å². The molecular weight excluding hydrogens is 284 g/mol. The minimum atomic E-state index is -1.76. The molecule has 0 heterocycles. The second-order valence-electron chi connectivity index (χ2n) is 7.91. The highest BCUT2D eigenvalue weighted by molar-refractivity contribution is 6.74. The maximum absolute atomic E-state index is 11.6. The number of ether oxygens (including phenoxy) is 1. The monoisotopic (exact) mass is 316 g/mol. The highest BCUT2D eigenvalue weighted by Crippen LogP contribution is 2.44. The molecule has 0 amide bonds. The maximum atomic E-state index is 11.6. The SMILES string of the molecule is COCCC1(C(=O)O)CCC(O[Si](C)(C)C(C)(C)C)CC1. The highest BCUT2D eigenvalue weighted by atomic mass is 28.4. The summed E-state index contributed by atoms with van der Waals surface area (Å²) in [7, 11) is -0.137. The highest BCUT2D eigenvalue weighted by Gasteiger charge is 2.45. The molecule has 21 heavy (non-hydrogen) atoms. The fraction of sp³-hybridized carbons (Fsp3) is 0.938. The van der Waals surface area contributed by atoms with Crippen LogP contribution in [-0.4, -0.2) is 39.2 Å². The van der Waals surface area contributed by atoms with Crippen molar-refractivity contribution >= 4 is 14.3 Å². The quantitative estimate of drug-likeness (QED) is 0.751. The van der Waals surface area contributed by atoms with E-state index in [1.54, 1.807) is 7.11 Å². The van der Waals surface area contributed by atoms with Crippen molar-refractivity contribution in [3.63, 3.8) is 0 Å². The third kappa shape index (κ3) is 4.54. The number of methoxy groups -OCH3 is 1. The molecule has 0 saturated heterocycles. The van der Waals surface area contributed by atoms with Gasteiger partial charge in [-0.05, 0) is 50.2 Å². The van der Waals surface area contributed by atoms with Crippen LogP contribution in [0.4, 0.5) is 0 Å². The Labute approximate surface area is 130 Å². The van der Waals surface area contributed by atoms with Gasteiger partial charge in [-0.3, -0.25) is 4.79 Å². The van der Waals surface area contributed by atoms with Crippen molar-refractivity contribution in [1.29, 1.82) is 0 Å². The van der Waals surface area contributed by atoms with E-state index in [4.69, 9.17) is 9.16 Å². The first-order chi connectivity index (χ1) is 9.54. The van der Waals surface area contributed by atoms with Crippen molar-refractivity contribution in [3.05, 3.63) is 0 Å². The van der Waals surface area contributed by atoms with E-state index in [2.05, 4.69) is 33.9 Å². The van der Waals surface area contributed by atoms with Gasteiger partial charge >= 0.3 is 5.97 Å². The average Bonchev–Trinajstić information content (AvgIpc) is 2.36. The van der Waals surface area contributed by atoms with E-state index in [1.165, 1.54) is 0 Å². The van der Waals surface area contributed by atoms with Gasteiger partial charge in [0.2, 0.25) is 0 Å². The summed E-state index contributed by atoms with van der Waals surface area (Å²) < 4.78 is 11.5. The van der Waals surface area contributed by atoms with Gasteiger partial charge in [0, 0.05) is 19.8 Å². The number of hydrogen-bond acceptors (Lipinski definition) is 3. The number of rotatable bonds is 6. The number of hydrogen-bond donors (Lipinski definition) is 1. The molecule has 0 radical (unpaired) electrons. The predicted molar refractivity (Wildman–Crippen MR) is 87.1 cm³/mol. The fourth-order valence-electron chi connectivity index (χ4n) is 2.72. The lowest BCUT2D eigenvalue weighted by molar-refractivity contribution is -0.153. The van der Waals surface area contributed by atoms with Crippen LogP contribution in [-0.2, 0) is 14.0 Å². The fourth-order valence-corrected chi connectivity index (χ4v) is 4.15. The predicted octanol–water partition coefficient (Wildman–Crippen LogP) is 4.06. The van der Waals surface area contributed by atoms with Crippen LogP contribution in [0.1, 0.15) is 52.9 Å². The molecule has 5 heteroatoms. The summed E-state index contributed by atoms with van der Waals surface area (Å²) in [4.78, 5) is 11.6. The molecule has 1 aliphatic rings. The molecule has 0 aromatic heterocycles. The van der Waals surface area contributed by atoms with Crippen molar-refractivity contribution in [2.24, 2.45) is 5.41 Å². The van der Waals surface area contributed by atoms with Gasteiger partial charge in [0.15, 0.2) is 8.32 Å². The van der Waals surface area contributed by atoms with E-state index in [9.17, 15) is 9.90 Å². The molecule has 0 aromatic carbocycles. The first-order valence-corrected chi connectivity index (χ1v) is 10.8. The third-order valence-electron chi connectivity index (χ3n) is 5.40. The van der Waals surface area contributed by atoms with Crippen molar-refractivity contribution in [2.45, 2.75) is 77.1 Å². The average molecular weight is 317 g/mol. The molecule has 4 nitrogen and oxygen atoms in total. The Morgan fingerprint density at radius 3 is 2.19 bits per heavy atom. The van der Waals surface area contributed by atoms with Gasteiger partial charge in [-0.25, -0.2) is 0 Å². The Kier molecular flexibility index (Phi) is 6.04. The summed E-state index contributed by atoms with van der Waals surface area (Å²) in [5, 5.41) is 9.77. The first-order valence-electron chi connectivity index (χ1n) is 7.94. The molecule has 0 spiro atoms.